The summed E-state index contributed by atoms with van der Waals surface area (Å²) in [6.45, 7) is 0.253. The Hall–Kier alpha value is -2.37. The molecule has 1 amide bonds. The molecule has 0 aliphatic rings. The number of carbonyl (C=O) groups excluding carboxylic acids is 1. The Morgan fingerprint density at radius 3 is 2.79 bits per heavy atom. The number of nitrogens with one attached hydrogen (secondary N) is 1. The number of carbonyl (C=O) groups is 2. The Labute approximate surface area is 109 Å². The van der Waals surface area contributed by atoms with Crippen LogP contribution in [0.3, 0.4) is 0 Å². The van der Waals surface area contributed by atoms with Crippen molar-refractivity contribution in [2.24, 2.45) is 0 Å². The van der Waals surface area contributed by atoms with Gasteiger partial charge in [0.05, 0.1) is 7.11 Å². The van der Waals surface area contributed by atoms with Crippen molar-refractivity contribution in [2.75, 3.05) is 13.7 Å². The lowest BCUT2D eigenvalue weighted by Gasteiger charge is -2.08. The van der Waals surface area contributed by atoms with Crippen LogP contribution in [0.15, 0.2) is 30.4 Å². The molecule has 0 aliphatic heterocycles. The second-order valence-corrected chi connectivity index (χ2v) is 3.67. The summed E-state index contributed by atoms with van der Waals surface area (Å²) in [4.78, 5) is 21.4. The number of halogens is 1. The highest BCUT2D eigenvalue weighted by Gasteiger charge is 2.05. The summed E-state index contributed by atoms with van der Waals surface area (Å²) in [7, 11) is 1.48. The van der Waals surface area contributed by atoms with Crippen LogP contribution in [0, 0.1) is 5.82 Å². The summed E-state index contributed by atoms with van der Waals surface area (Å²) < 4.78 is 18.1. The van der Waals surface area contributed by atoms with Gasteiger partial charge in [-0.15, -0.1) is 0 Å². The second-order valence-electron chi connectivity index (χ2n) is 3.67. The zero-order valence-corrected chi connectivity index (χ0v) is 10.4. The third-order valence-electron chi connectivity index (χ3n) is 2.31. The number of aliphatic carboxylic acids is 1. The Morgan fingerprint density at radius 1 is 1.42 bits per heavy atom. The molecule has 0 heterocycles. The van der Waals surface area contributed by atoms with E-state index in [-0.39, 0.29) is 12.4 Å². The Balaban J connectivity index is 2.51. The molecule has 0 radical (unpaired) electrons. The van der Waals surface area contributed by atoms with E-state index in [0.717, 1.165) is 12.2 Å². The van der Waals surface area contributed by atoms with E-state index in [1.54, 1.807) is 0 Å². The van der Waals surface area contributed by atoms with E-state index in [1.807, 2.05) is 0 Å². The second kappa shape index (κ2) is 7.15. The lowest BCUT2D eigenvalue weighted by Crippen LogP contribution is -2.24. The Bertz CT molecular complexity index is 499. The standard InChI is InChI=1S/C13H14FNO4/c1-19-11-3-2-10(14)8-9(11)6-7-15-12(16)4-5-13(17)18/h2-5,8H,6-7H2,1H3,(H,15,16)(H,17,18)/b5-4+. The van der Waals surface area contributed by atoms with Gasteiger partial charge in [-0.1, -0.05) is 0 Å². The van der Waals surface area contributed by atoms with E-state index in [4.69, 9.17) is 9.84 Å². The molecule has 1 aromatic carbocycles. The quantitative estimate of drug-likeness (QED) is 0.758. The smallest absolute Gasteiger partial charge is 0.328 e. The normalized spacial score (nSPS) is 10.4. The van der Waals surface area contributed by atoms with Crippen molar-refractivity contribution in [1.29, 1.82) is 0 Å². The van der Waals surface area contributed by atoms with E-state index >= 15 is 0 Å². The first kappa shape index (κ1) is 14.7. The number of carboxylic acid groups (broad SMARTS) is 1. The summed E-state index contributed by atoms with van der Waals surface area (Å²) in [5.74, 6) is -1.55. The molecule has 0 aliphatic carbocycles. The molecule has 6 heteroatoms. The van der Waals surface area contributed by atoms with Crippen LogP contribution < -0.4 is 10.1 Å². The van der Waals surface area contributed by atoms with Crippen LogP contribution in [0.2, 0.25) is 0 Å². The summed E-state index contributed by atoms with van der Waals surface area (Å²) >= 11 is 0. The number of amides is 1. The van der Waals surface area contributed by atoms with Crippen LogP contribution in [-0.2, 0) is 16.0 Å². The van der Waals surface area contributed by atoms with Crippen molar-refractivity contribution >= 4 is 11.9 Å². The Morgan fingerprint density at radius 2 is 2.16 bits per heavy atom. The van der Waals surface area contributed by atoms with Gasteiger partial charge in [-0.2, -0.15) is 0 Å². The molecule has 0 aromatic heterocycles. The average molecular weight is 267 g/mol. The van der Waals surface area contributed by atoms with Gasteiger partial charge in [0.15, 0.2) is 0 Å². The van der Waals surface area contributed by atoms with Crippen LogP contribution in [0.25, 0.3) is 0 Å². The minimum Gasteiger partial charge on any atom is -0.496 e. The number of benzene rings is 1. The molecular weight excluding hydrogens is 253 g/mol. The topological polar surface area (TPSA) is 75.6 Å². The van der Waals surface area contributed by atoms with Crippen molar-refractivity contribution < 1.29 is 23.8 Å². The van der Waals surface area contributed by atoms with E-state index in [2.05, 4.69) is 5.32 Å². The minimum atomic E-state index is -1.19. The summed E-state index contributed by atoms with van der Waals surface area (Å²) in [5.41, 5.74) is 0.630. The Kier molecular flexibility index (Phi) is 5.53. The number of hydrogen-bond donors (Lipinski definition) is 2. The van der Waals surface area contributed by atoms with Gasteiger partial charge in [-0.3, -0.25) is 4.79 Å². The van der Waals surface area contributed by atoms with Gasteiger partial charge in [0.1, 0.15) is 11.6 Å². The van der Waals surface area contributed by atoms with Gasteiger partial charge in [0.25, 0.3) is 0 Å². The first-order valence-electron chi connectivity index (χ1n) is 5.54. The SMILES string of the molecule is COc1ccc(F)cc1CCNC(=O)/C=C/C(=O)O. The zero-order chi connectivity index (χ0) is 14.3. The maximum atomic E-state index is 13.1. The van der Waals surface area contributed by atoms with Crippen molar-refractivity contribution in [3.05, 3.63) is 41.7 Å². The molecule has 0 atom stereocenters. The molecule has 0 saturated carbocycles. The summed E-state index contributed by atoms with van der Waals surface area (Å²) in [5, 5.41) is 10.8. The monoisotopic (exact) mass is 267 g/mol. The largest absolute Gasteiger partial charge is 0.496 e. The molecule has 19 heavy (non-hydrogen) atoms. The number of carboxylic acids is 1. The molecule has 0 spiro atoms. The van der Waals surface area contributed by atoms with E-state index in [1.165, 1.54) is 25.3 Å². The van der Waals surface area contributed by atoms with Crippen LogP contribution >= 0.6 is 0 Å². The molecule has 0 fully saturated rings. The maximum absolute atomic E-state index is 13.1. The van der Waals surface area contributed by atoms with E-state index < -0.39 is 11.9 Å². The molecule has 1 aromatic rings. The third kappa shape index (κ3) is 5.20. The van der Waals surface area contributed by atoms with Gasteiger partial charge in [-0.25, -0.2) is 9.18 Å². The van der Waals surface area contributed by atoms with Gasteiger partial charge >= 0.3 is 5.97 Å². The minimum absolute atomic E-state index is 0.253. The van der Waals surface area contributed by atoms with Gasteiger partial charge in [0.2, 0.25) is 5.91 Å². The molecule has 1 rings (SSSR count). The van der Waals surface area contributed by atoms with E-state index in [9.17, 15) is 14.0 Å². The lowest BCUT2D eigenvalue weighted by atomic mass is 10.1. The van der Waals surface area contributed by atoms with Crippen LogP contribution in [0.5, 0.6) is 5.75 Å². The van der Waals surface area contributed by atoms with Gasteiger partial charge in [0, 0.05) is 18.7 Å². The summed E-state index contributed by atoms with van der Waals surface area (Å²) in [6.07, 6.45) is 2.05. The fourth-order valence-electron chi connectivity index (χ4n) is 1.47. The molecule has 0 unspecified atom stereocenters. The highest BCUT2D eigenvalue weighted by atomic mass is 19.1. The van der Waals surface area contributed by atoms with Crippen molar-refractivity contribution in [3.63, 3.8) is 0 Å². The van der Waals surface area contributed by atoms with Gasteiger partial charge < -0.3 is 15.2 Å². The predicted octanol–water partition coefficient (Wildman–Crippen LogP) is 1.13. The molecule has 102 valence electrons. The lowest BCUT2D eigenvalue weighted by molar-refractivity contribution is -0.131. The summed E-state index contributed by atoms with van der Waals surface area (Å²) in [6, 6.07) is 4.13. The van der Waals surface area contributed by atoms with Crippen LogP contribution in [0.4, 0.5) is 4.39 Å². The van der Waals surface area contributed by atoms with Crippen LogP contribution in [0.1, 0.15) is 5.56 Å². The first-order chi connectivity index (χ1) is 9.02. The average Bonchev–Trinajstić information content (AvgIpc) is 2.36. The van der Waals surface area contributed by atoms with Crippen LogP contribution in [-0.4, -0.2) is 30.6 Å². The fourth-order valence-corrected chi connectivity index (χ4v) is 1.47. The molecule has 5 nitrogen and oxygen atoms in total. The van der Waals surface area contributed by atoms with Gasteiger partial charge in [-0.05, 0) is 30.2 Å². The maximum Gasteiger partial charge on any atom is 0.328 e. The number of rotatable bonds is 6. The highest BCUT2D eigenvalue weighted by Crippen LogP contribution is 2.19. The molecular formula is C13H14FNO4. The fraction of sp³-hybridized carbons (Fsp3) is 0.231. The third-order valence-corrected chi connectivity index (χ3v) is 2.31. The molecule has 0 saturated heterocycles. The number of methoxy groups -OCH3 is 1. The van der Waals surface area contributed by atoms with Crippen molar-refractivity contribution in [1.82, 2.24) is 5.32 Å². The molecule has 0 bridgehead atoms. The number of ether oxygens (including phenoxy) is 1. The van der Waals surface area contributed by atoms with Crippen molar-refractivity contribution in [3.8, 4) is 5.75 Å². The predicted molar refractivity (Wildman–Crippen MR) is 66.4 cm³/mol. The highest BCUT2D eigenvalue weighted by molar-refractivity contribution is 5.93. The van der Waals surface area contributed by atoms with E-state index in [0.29, 0.717) is 17.7 Å². The zero-order valence-electron chi connectivity index (χ0n) is 10.4. The number of hydrogen-bond acceptors (Lipinski definition) is 3. The first-order valence-corrected chi connectivity index (χ1v) is 5.54. The molecule has 2 N–H and O–H groups in total. The van der Waals surface area contributed by atoms with Crippen molar-refractivity contribution in [2.45, 2.75) is 6.42 Å².